The van der Waals surface area contributed by atoms with Gasteiger partial charge in [0.2, 0.25) is 0 Å². The van der Waals surface area contributed by atoms with Gasteiger partial charge in [-0.15, -0.1) is 0 Å². The van der Waals surface area contributed by atoms with E-state index in [1.54, 1.807) is 60.7 Å². The Balaban J connectivity index is 0.000000466. The number of hydrogen-bond acceptors (Lipinski definition) is 4. The summed E-state index contributed by atoms with van der Waals surface area (Å²) in [5.41, 5.74) is -0.0152. The number of aliphatic hydroxyl groups excluding tert-OH is 1. The van der Waals surface area contributed by atoms with Gasteiger partial charge in [-0.25, -0.2) is 9.59 Å². The zero-order valence-corrected chi connectivity index (χ0v) is 19.6. The Morgan fingerprint density at radius 1 is 0.812 bits per heavy atom. The molecule has 3 unspecified atom stereocenters. The molecule has 32 heavy (non-hydrogen) atoms. The smallest absolute Gasteiger partial charge is 0.335 e. The monoisotopic (exact) mass is 446 g/mol. The lowest BCUT2D eigenvalue weighted by molar-refractivity contribution is -0.0741. The van der Waals surface area contributed by atoms with Gasteiger partial charge in [0.25, 0.3) is 0 Å². The largest absolute Gasteiger partial charge is 0.478 e. The van der Waals surface area contributed by atoms with Crippen molar-refractivity contribution >= 4 is 11.9 Å². The summed E-state index contributed by atoms with van der Waals surface area (Å²) in [5, 5.41) is 36.9. The molecular weight excluding hydrogens is 408 g/mol. The second-order valence-corrected chi connectivity index (χ2v) is 7.69. The predicted molar refractivity (Wildman–Crippen MR) is 127 cm³/mol. The molecule has 3 atom stereocenters. The van der Waals surface area contributed by atoms with Crippen molar-refractivity contribution < 1.29 is 30.0 Å². The fourth-order valence-corrected chi connectivity index (χ4v) is 3.22. The summed E-state index contributed by atoms with van der Waals surface area (Å²) >= 11 is 0. The van der Waals surface area contributed by atoms with Crippen LogP contribution in [0.2, 0.25) is 0 Å². The summed E-state index contributed by atoms with van der Waals surface area (Å²) < 4.78 is 0. The van der Waals surface area contributed by atoms with Crippen molar-refractivity contribution in [3.63, 3.8) is 0 Å². The van der Waals surface area contributed by atoms with Gasteiger partial charge in [-0.05, 0) is 43.5 Å². The van der Waals surface area contributed by atoms with Crippen LogP contribution >= 0.6 is 0 Å². The summed E-state index contributed by atoms with van der Waals surface area (Å²) in [6.45, 7) is 8.07. The Hall–Kier alpha value is -2.70. The minimum Gasteiger partial charge on any atom is -0.478 e. The van der Waals surface area contributed by atoms with Gasteiger partial charge >= 0.3 is 11.9 Å². The molecule has 2 aromatic carbocycles. The van der Waals surface area contributed by atoms with Crippen LogP contribution in [0, 0.1) is 5.92 Å². The van der Waals surface area contributed by atoms with Crippen LogP contribution < -0.4 is 0 Å². The topological polar surface area (TPSA) is 115 Å². The van der Waals surface area contributed by atoms with Crippen LogP contribution in [0.3, 0.4) is 0 Å². The molecule has 6 nitrogen and oxygen atoms in total. The highest BCUT2D eigenvalue weighted by Crippen LogP contribution is 2.30. The van der Waals surface area contributed by atoms with Crippen molar-refractivity contribution in [2.75, 3.05) is 0 Å². The summed E-state index contributed by atoms with van der Waals surface area (Å²) in [6, 6.07) is 16.6. The first-order chi connectivity index (χ1) is 15.1. The molecule has 0 aliphatic rings. The number of carboxylic acid groups (broad SMARTS) is 2. The van der Waals surface area contributed by atoms with Gasteiger partial charge in [0.15, 0.2) is 0 Å². The minimum atomic E-state index is -0.879. The van der Waals surface area contributed by atoms with E-state index in [1.807, 2.05) is 13.8 Å². The Morgan fingerprint density at radius 3 is 1.47 bits per heavy atom. The van der Waals surface area contributed by atoms with Gasteiger partial charge in [-0.2, -0.15) is 0 Å². The highest BCUT2D eigenvalue weighted by atomic mass is 16.4. The molecule has 0 aromatic heterocycles. The van der Waals surface area contributed by atoms with Crippen LogP contribution in [-0.4, -0.2) is 44.1 Å². The Kier molecular flexibility index (Phi) is 14.7. The fraction of sp³-hybridized carbons (Fsp3) is 0.462. The molecule has 2 rings (SSSR count). The van der Waals surface area contributed by atoms with E-state index < -0.39 is 17.5 Å². The quantitative estimate of drug-likeness (QED) is 0.405. The average Bonchev–Trinajstić information content (AvgIpc) is 2.80. The Bertz CT molecular complexity index is 713. The van der Waals surface area contributed by atoms with Crippen LogP contribution in [0.4, 0.5) is 0 Å². The second-order valence-electron chi connectivity index (χ2n) is 7.69. The van der Waals surface area contributed by atoms with E-state index in [-0.39, 0.29) is 12.0 Å². The molecule has 0 aliphatic heterocycles. The number of carboxylic acids is 2. The van der Waals surface area contributed by atoms with Crippen molar-refractivity contribution in [3.05, 3.63) is 71.8 Å². The van der Waals surface area contributed by atoms with Crippen LogP contribution in [0.1, 0.15) is 80.5 Å². The number of aromatic carboxylic acids is 2. The standard InChI is InChI=1S/C12H26O2.2C7H6O2/c1-5-8-11(13)10(4)12(14,7-3)9-6-2;2*8-7(9)6-4-2-1-3-5-6/h10-11,13-14H,5-9H2,1-4H3;2*1-5H,(H,8,9). The maximum Gasteiger partial charge on any atom is 0.335 e. The van der Waals surface area contributed by atoms with Gasteiger partial charge in [0, 0.05) is 5.92 Å². The van der Waals surface area contributed by atoms with E-state index in [4.69, 9.17) is 10.2 Å². The summed E-state index contributed by atoms with van der Waals surface area (Å²) in [4.78, 5) is 20.4. The van der Waals surface area contributed by atoms with E-state index in [9.17, 15) is 19.8 Å². The molecule has 0 spiro atoms. The molecule has 6 heteroatoms. The average molecular weight is 447 g/mol. The zero-order chi connectivity index (χ0) is 24.6. The number of carbonyl (C=O) groups is 2. The number of rotatable bonds is 9. The highest BCUT2D eigenvalue weighted by molar-refractivity contribution is 5.87. The van der Waals surface area contributed by atoms with E-state index in [0.29, 0.717) is 11.1 Å². The molecule has 0 fully saturated rings. The number of aliphatic hydroxyl groups is 2. The molecule has 0 heterocycles. The molecule has 0 saturated heterocycles. The third-order valence-electron chi connectivity index (χ3n) is 5.35. The zero-order valence-electron chi connectivity index (χ0n) is 19.6. The SMILES string of the molecule is CCCC(O)C(C)C(O)(CC)CCC.O=C(O)c1ccccc1.O=C(O)c1ccccc1. The number of benzene rings is 2. The molecule has 0 bridgehead atoms. The van der Waals surface area contributed by atoms with Crippen LogP contribution in [0.25, 0.3) is 0 Å². The molecular formula is C26H38O6. The second kappa shape index (κ2) is 16.0. The first-order valence-corrected chi connectivity index (χ1v) is 11.1. The number of hydrogen-bond donors (Lipinski definition) is 4. The van der Waals surface area contributed by atoms with Gasteiger partial charge in [0.1, 0.15) is 0 Å². The molecule has 2 aromatic rings. The molecule has 4 N–H and O–H groups in total. The predicted octanol–water partition coefficient (Wildman–Crippen LogP) is 5.49. The normalized spacial score (nSPS) is 13.8. The Labute approximate surface area is 191 Å². The summed E-state index contributed by atoms with van der Waals surface area (Å²) in [5.74, 6) is -1.78. The summed E-state index contributed by atoms with van der Waals surface area (Å²) in [6.07, 6.45) is 3.86. The van der Waals surface area contributed by atoms with Crippen LogP contribution in [0.5, 0.6) is 0 Å². The van der Waals surface area contributed by atoms with Crippen LogP contribution in [0.15, 0.2) is 60.7 Å². The van der Waals surface area contributed by atoms with Gasteiger partial charge in [-0.1, -0.05) is 76.9 Å². The third-order valence-corrected chi connectivity index (χ3v) is 5.35. The lowest BCUT2D eigenvalue weighted by atomic mass is 9.78. The molecule has 0 amide bonds. The molecule has 0 aliphatic carbocycles. The Morgan fingerprint density at radius 2 is 1.22 bits per heavy atom. The van der Waals surface area contributed by atoms with Gasteiger partial charge < -0.3 is 20.4 Å². The van der Waals surface area contributed by atoms with E-state index >= 15 is 0 Å². The van der Waals surface area contributed by atoms with Gasteiger partial charge in [0.05, 0.1) is 22.8 Å². The molecule has 0 saturated carbocycles. The fourth-order valence-electron chi connectivity index (χ4n) is 3.22. The highest BCUT2D eigenvalue weighted by Gasteiger charge is 2.34. The minimum absolute atomic E-state index is 0.0209. The first-order valence-electron chi connectivity index (χ1n) is 11.1. The van der Waals surface area contributed by atoms with Crippen LogP contribution in [-0.2, 0) is 0 Å². The lowest BCUT2D eigenvalue weighted by Gasteiger charge is -2.36. The lowest BCUT2D eigenvalue weighted by Crippen LogP contribution is -2.42. The first kappa shape index (κ1) is 29.3. The maximum atomic E-state index is 10.3. The molecule has 0 radical (unpaired) electrons. The van der Waals surface area contributed by atoms with Crippen molar-refractivity contribution in [3.8, 4) is 0 Å². The van der Waals surface area contributed by atoms with Crippen molar-refractivity contribution in [2.24, 2.45) is 5.92 Å². The van der Waals surface area contributed by atoms with Crippen molar-refractivity contribution in [1.29, 1.82) is 0 Å². The van der Waals surface area contributed by atoms with Gasteiger partial charge in [-0.3, -0.25) is 0 Å². The summed E-state index contributed by atoms with van der Waals surface area (Å²) in [7, 11) is 0. The van der Waals surface area contributed by atoms with E-state index in [1.165, 1.54) is 0 Å². The maximum absolute atomic E-state index is 10.3. The third kappa shape index (κ3) is 11.1. The molecule has 178 valence electrons. The van der Waals surface area contributed by atoms with Crippen molar-refractivity contribution in [2.45, 2.75) is 71.5 Å². The van der Waals surface area contributed by atoms with E-state index in [2.05, 4.69) is 13.8 Å². The van der Waals surface area contributed by atoms with E-state index in [0.717, 1.165) is 32.1 Å². The van der Waals surface area contributed by atoms with Crippen molar-refractivity contribution in [1.82, 2.24) is 0 Å².